The molecule has 7 nitrogen and oxygen atoms in total. The number of hydrogen-bond acceptors (Lipinski definition) is 5. The molecule has 1 amide bonds. The van der Waals surface area contributed by atoms with Crippen molar-refractivity contribution in [3.8, 4) is 11.5 Å². The fourth-order valence-corrected chi connectivity index (χ4v) is 3.55. The summed E-state index contributed by atoms with van der Waals surface area (Å²) in [4.78, 5) is 12.1. The van der Waals surface area contributed by atoms with Crippen LogP contribution in [-0.2, 0) is 14.8 Å². The van der Waals surface area contributed by atoms with Crippen molar-refractivity contribution in [1.29, 1.82) is 0 Å². The van der Waals surface area contributed by atoms with Gasteiger partial charge in [-0.1, -0.05) is 18.2 Å². The molecule has 26 heavy (non-hydrogen) atoms. The van der Waals surface area contributed by atoms with E-state index in [4.69, 9.17) is 9.47 Å². The minimum Gasteiger partial charge on any atom is -0.486 e. The molecule has 0 bridgehead atoms. The maximum Gasteiger partial charge on any atom is 0.240 e. The van der Waals surface area contributed by atoms with E-state index in [2.05, 4.69) is 10.0 Å². The quantitative estimate of drug-likeness (QED) is 0.805. The van der Waals surface area contributed by atoms with Crippen LogP contribution in [0.4, 0.5) is 5.69 Å². The van der Waals surface area contributed by atoms with Crippen molar-refractivity contribution in [1.82, 2.24) is 4.72 Å². The van der Waals surface area contributed by atoms with Gasteiger partial charge in [0.15, 0.2) is 11.5 Å². The summed E-state index contributed by atoms with van der Waals surface area (Å²) in [6.45, 7) is 2.70. The third-order valence-electron chi connectivity index (χ3n) is 3.89. The number of para-hydroxylation sites is 1. The van der Waals surface area contributed by atoms with Crippen LogP contribution in [0, 0.1) is 6.92 Å². The van der Waals surface area contributed by atoms with Gasteiger partial charge in [0.1, 0.15) is 13.2 Å². The Balaban J connectivity index is 1.57. The topological polar surface area (TPSA) is 93.7 Å². The first-order valence-corrected chi connectivity index (χ1v) is 9.69. The van der Waals surface area contributed by atoms with Gasteiger partial charge < -0.3 is 14.8 Å². The van der Waals surface area contributed by atoms with Crippen LogP contribution < -0.4 is 19.5 Å². The molecular formula is C18H20N2O5S. The van der Waals surface area contributed by atoms with E-state index < -0.39 is 10.0 Å². The average molecular weight is 376 g/mol. The van der Waals surface area contributed by atoms with Gasteiger partial charge in [0, 0.05) is 24.7 Å². The van der Waals surface area contributed by atoms with Crippen LogP contribution in [0.2, 0.25) is 0 Å². The Kier molecular flexibility index (Phi) is 5.43. The number of anilines is 1. The van der Waals surface area contributed by atoms with Crippen molar-refractivity contribution >= 4 is 21.6 Å². The fourth-order valence-electron chi connectivity index (χ4n) is 2.50. The Morgan fingerprint density at radius 2 is 1.81 bits per heavy atom. The highest BCUT2D eigenvalue weighted by molar-refractivity contribution is 7.89. The van der Waals surface area contributed by atoms with Gasteiger partial charge in [-0.05, 0) is 30.7 Å². The summed E-state index contributed by atoms with van der Waals surface area (Å²) in [5, 5.41) is 2.77. The number of ether oxygens (including phenoxy) is 2. The molecule has 0 fully saturated rings. The Labute approximate surface area is 152 Å². The highest BCUT2D eigenvalue weighted by atomic mass is 32.2. The minimum absolute atomic E-state index is 0.00547. The standard InChI is InChI=1S/C18H20N2O5S/c1-13-4-2-3-5-15(13)20-18(21)8-9-19-26(22,23)14-6-7-16-17(12-14)25-11-10-24-16/h2-7,12,19H,8-11H2,1H3,(H,20,21). The Morgan fingerprint density at radius 1 is 1.08 bits per heavy atom. The lowest BCUT2D eigenvalue weighted by molar-refractivity contribution is -0.116. The molecule has 138 valence electrons. The molecule has 0 radical (unpaired) electrons. The molecule has 2 aromatic carbocycles. The number of nitrogens with one attached hydrogen (secondary N) is 2. The first-order chi connectivity index (χ1) is 12.5. The number of rotatable bonds is 6. The van der Waals surface area contributed by atoms with E-state index in [1.165, 1.54) is 12.1 Å². The van der Waals surface area contributed by atoms with E-state index in [1.54, 1.807) is 12.1 Å². The molecule has 0 saturated heterocycles. The predicted octanol–water partition coefficient (Wildman–Crippen LogP) is 2.07. The lowest BCUT2D eigenvalue weighted by atomic mass is 10.2. The third-order valence-corrected chi connectivity index (χ3v) is 5.35. The van der Waals surface area contributed by atoms with Crippen LogP contribution in [-0.4, -0.2) is 34.1 Å². The van der Waals surface area contributed by atoms with Gasteiger partial charge in [0.2, 0.25) is 15.9 Å². The van der Waals surface area contributed by atoms with Crippen molar-refractivity contribution in [2.75, 3.05) is 25.1 Å². The van der Waals surface area contributed by atoms with Crippen molar-refractivity contribution in [3.05, 3.63) is 48.0 Å². The van der Waals surface area contributed by atoms with Crippen LogP contribution in [0.1, 0.15) is 12.0 Å². The summed E-state index contributed by atoms with van der Waals surface area (Å²) in [5.41, 5.74) is 1.66. The van der Waals surface area contributed by atoms with Gasteiger partial charge in [0.25, 0.3) is 0 Å². The zero-order valence-electron chi connectivity index (χ0n) is 14.3. The smallest absolute Gasteiger partial charge is 0.240 e. The van der Waals surface area contributed by atoms with Crippen LogP contribution in [0.15, 0.2) is 47.4 Å². The number of carbonyl (C=O) groups is 1. The van der Waals surface area contributed by atoms with Gasteiger partial charge in [-0.15, -0.1) is 0 Å². The lowest BCUT2D eigenvalue weighted by Crippen LogP contribution is -2.28. The first kappa shape index (κ1) is 18.2. The van der Waals surface area contributed by atoms with Gasteiger partial charge in [-0.3, -0.25) is 4.79 Å². The Bertz CT molecular complexity index is 912. The molecule has 3 rings (SSSR count). The molecule has 0 aliphatic carbocycles. The Hall–Kier alpha value is -2.58. The van der Waals surface area contributed by atoms with Gasteiger partial charge in [0.05, 0.1) is 4.90 Å². The van der Waals surface area contributed by atoms with E-state index in [1.807, 2.05) is 25.1 Å². The van der Waals surface area contributed by atoms with E-state index >= 15 is 0 Å². The second-order valence-electron chi connectivity index (χ2n) is 5.82. The van der Waals surface area contributed by atoms with Crippen molar-refractivity contribution in [2.45, 2.75) is 18.2 Å². The second kappa shape index (κ2) is 7.76. The number of carbonyl (C=O) groups excluding carboxylic acids is 1. The van der Waals surface area contributed by atoms with Crippen molar-refractivity contribution in [2.24, 2.45) is 0 Å². The van der Waals surface area contributed by atoms with E-state index in [0.29, 0.717) is 30.4 Å². The lowest BCUT2D eigenvalue weighted by Gasteiger charge is -2.18. The molecule has 2 N–H and O–H groups in total. The van der Waals surface area contributed by atoms with Crippen LogP contribution >= 0.6 is 0 Å². The van der Waals surface area contributed by atoms with Crippen LogP contribution in [0.3, 0.4) is 0 Å². The molecule has 1 heterocycles. The minimum atomic E-state index is -3.74. The largest absolute Gasteiger partial charge is 0.486 e. The number of aryl methyl sites for hydroxylation is 1. The molecule has 0 aromatic heterocycles. The molecule has 1 aliphatic heterocycles. The van der Waals surface area contributed by atoms with E-state index in [0.717, 1.165) is 5.56 Å². The third kappa shape index (κ3) is 4.33. The predicted molar refractivity (Wildman–Crippen MR) is 97.0 cm³/mol. The Morgan fingerprint density at radius 3 is 2.58 bits per heavy atom. The van der Waals surface area contributed by atoms with Gasteiger partial charge in [-0.2, -0.15) is 0 Å². The number of hydrogen-bond donors (Lipinski definition) is 2. The summed E-state index contributed by atoms with van der Waals surface area (Å²) in [6, 6.07) is 11.8. The van der Waals surface area contributed by atoms with Gasteiger partial charge in [-0.25, -0.2) is 13.1 Å². The zero-order valence-corrected chi connectivity index (χ0v) is 15.1. The van der Waals surface area contributed by atoms with Crippen LogP contribution in [0.5, 0.6) is 11.5 Å². The molecule has 8 heteroatoms. The normalized spacial score (nSPS) is 13.3. The molecule has 2 aromatic rings. The van der Waals surface area contributed by atoms with Crippen molar-refractivity contribution in [3.63, 3.8) is 0 Å². The molecule has 0 saturated carbocycles. The average Bonchev–Trinajstić information content (AvgIpc) is 2.63. The molecule has 0 spiro atoms. The monoisotopic (exact) mass is 376 g/mol. The maximum absolute atomic E-state index is 12.4. The second-order valence-corrected chi connectivity index (χ2v) is 7.58. The summed E-state index contributed by atoms with van der Waals surface area (Å²) >= 11 is 0. The number of fused-ring (bicyclic) bond motifs is 1. The number of benzene rings is 2. The van der Waals surface area contributed by atoms with Crippen LogP contribution in [0.25, 0.3) is 0 Å². The summed E-state index contributed by atoms with van der Waals surface area (Å²) in [5.74, 6) is 0.661. The summed E-state index contributed by atoms with van der Waals surface area (Å²) < 4.78 is 37.9. The first-order valence-electron chi connectivity index (χ1n) is 8.20. The molecular weight excluding hydrogens is 356 g/mol. The maximum atomic E-state index is 12.4. The zero-order chi connectivity index (χ0) is 18.6. The van der Waals surface area contributed by atoms with Gasteiger partial charge >= 0.3 is 0 Å². The molecule has 0 atom stereocenters. The molecule has 0 unspecified atom stereocenters. The number of sulfonamides is 1. The molecule has 1 aliphatic rings. The van der Waals surface area contributed by atoms with E-state index in [9.17, 15) is 13.2 Å². The number of amides is 1. The highest BCUT2D eigenvalue weighted by Gasteiger charge is 2.19. The van der Waals surface area contributed by atoms with E-state index in [-0.39, 0.29) is 23.8 Å². The highest BCUT2D eigenvalue weighted by Crippen LogP contribution is 2.32. The van der Waals surface area contributed by atoms with Crippen molar-refractivity contribution < 1.29 is 22.7 Å². The fraction of sp³-hybridized carbons (Fsp3) is 0.278. The summed E-state index contributed by atoms with van der Waals surface area (Å²) in [6.07, 6.45) is 0.0259. The SMILES string of the molecule is Cc1ccccc1NC(=O)CCNS(=O)(=O)c1ccc2c(c1)OCCO2. The summed E-state index contributed by atoms with van der Waals surface area (Å²) in [7, 11) is -3.74.